The maximum atomic E-state index is 17.1. The fourth-order valence-electron chi connectivity index (χ4n) is 11.4. The van der Waals surface area contributed by atoms with Gasteiger partial charge in [0.25, 0.3) is 5.88 Å². The number of halogens is 1. The molecule has 16 nitrogen and oxygen atoms in total. The number of phenols is 1. The molecule has 0 aliphatic carbocycles. The molecule has 77 heavy (non-hydrogen) atoms. The predicted octanol–water partition coefficient (Wildman–Crippen LogP) is 10.00. The lowest BCUT2D eigenvalue weighted by atomic mass is 9.81. The minimum absolute atomic E-state index is 0.0197. The van der Waals surface area contributed by atoms with Gasteiger partial charge in [-0.05, 0) is 117 Å². The number of aromatic nitrogens is 5. The molecule has 4 saturated heterocycles. The third kappa shape index (κ3) is 11.9. The number of nitrogens with zero attached hydrogens (tertiary/aromatic N) is 8. The second kappa shape index (κ2) is 23.5. The molecule has 0 saturated carbocycles. The maximum Gasteiger partial charge on any atom is 0.319 e. The van der Waals surface area contributed by atoms with Gasteiger partial charge in [-0.15, -0.1) is 11.3 Å². The highest BCUT2D eigenvalue weighted by molar-refractivity contribution is 7.13. The summed E-state index contributed by atoms with van der Waals surface area (Å²) < 4.78 is 35.1. The van der Waals surface area contributed by atoms with Crippen LogP contribution in [-0.2, 0) is 22.4 Å². The highest BCUT2D eigenvalue weighted by atomic mass is 32.1. The van der Waals surface area contributed by atoms with E-state index >= 15 is 4.39 Å². The monoisotopic (exact) mass is 1070 g/mol. The number of anilines is 1. The number of aromatic hydroxyl groups is 1. The number of piperidine rings is 1. The number of hydrogen-bond donors (Lipinski definition) is 3. The molecule has 8 heterocycles. The van der Waals surface area contributed by atoms with E-state index in [1.165, 1.54) is 6.42 Å². The Kier molecular flexibility index (Phi) is 16.3. The smallest absolute Gasteiger partial charge is 0.319 e. The van der Waals surface area contributed by atoms with Crippen LogP contribution in [0.25, 0.3) is 43.4 Å². The van der Waals surface area contributed by atoms with Gasteiger partial charge in [0.15, 0.2) is 5.82 Å². The van der Waals surface area contributed by atoms with Crippen molar-refractivity contribution >= 4 is 50.6 Å². The van der Waals surface area contributed by atoms with Gasteiger partial charge in [-0.2, -0.15) is 9.97 Å². The largest absolute Gasteiger partial charge is 0.508 e. The molecular formula is C59H71FN10O6S. The zero-order chi connectivity index (χ0) is 53.8. The normalized spacial score (nSPS) is 19.5. The van der Waals surface area contributed by atoms with E-state index in [0.29, 0.717) is 73.2 Å². The summed E-state index contributed by atoms with van der Waals surface area (Å²) in [4.78, 5) is 53.1. The Hall–Kier alpha value is -6.76. The summed E-state index contributed by atoms with van der Waals surface area (Å²) in [6.07, 6.45) is 8.87. The van der Waals surface area contributed by atoms with Gasteiger partial charge >= 0.3 is 6.01 Å². The molecule has 18 heteroatoms. The van der Waals surface area contributed by atoms with Gasteiger partial charge in [0.2, 0.25) is 11.8 Å². The predicted molar refractivity (Wildman–Crippen MR) is 298 cm³/mol. The Bertz CT molecular complexity index is 3200. The van der Waals surface area contributed by atoms with Gasteiger partial charge < -0.3 is 39.5 Å². The molecule has 4 atom stereocenters. The first-order valence-corrected chi connectivity index (χ1v) is 28.3. The fourth-order valence-corrected chi connectivity index (χ4v) is 12.2. The number of hydrogen-bond acceptors (Lipinski definition) is 15. The summed E-state index contributed by atoms with van der Waals surface area (Å²) >= 11 is 1.61. The number of thiazole rings is 1. The average molecular weight is 1070 g/mol. The van der Waals surface area contributed by atoms with Crippen LogP contribution in [0.3, 0.4) is 0 Å². The van der Waals surface area contributed by atoms with Gasteiger partial charge in [0, 0.05) is 61.5 Å². The van der Waals surface area contributed by atoms with Crippen LogP contribution in [0, 0.1) is 18.2 Å². The summed E-state index contributed by atoms with van der Waals surface area (Å²) in [5, 5.41) is 23.9. The molecule has 0 spiro atoms. The van der Waals surface area contributed by atoms with Crippen LogP contribution in [-0.4, -0.2) is 122 Å². The lowest BCUT2D eigenvalue weighted by molar-refractivity contribution is -0.138. The van der Waals surface area contributed by atoms with E-state index in [2.05, 4.69) is 70.4 Å². The van der Waals surface area contributed by atoms with Gasteiger partial charge in [0.1, 0.15) is 41.2 Å². The number of rotatable bonds is 16. The Balaban J connectivity index is 0.00000219. The SMILES string of the molecule is CCC.CCc1cccc2cc(O)cc(-c3ncc4c(N5CC6CCC(C5)N6)nc(OCCN5CCC(C)(COc6cc(CC(=O)N7CCCC7C(=O)NC(C)c7ccc(-c8scnc8C)cc7)on6)CC5)nc4c3F)c12. The quantitative estimate of drug-likeness (QED) is 0.0831. The summed E-state index contributed by atoms with van der Waals surface area (Å²) in [6.45, 7) is 17.5. The number of likely N-dealkylation sites (tertiary alicyclic amines) is 2. The van der Waals surface area contributed by atoms with Crippen molar-refractivity contribution in [3.8, 4) is 39.3 Å². The summed E-state index contributed by atoms with van der Waals surface area (Å²) in [7, 11) is 0. The number of ether oxygens (including phenoxy) is 2. The summed E-state index contributed by atoms with van der Waals surface area (Å²) in [5.74, 6) is 0.431. The number of benzene rings is 3. The molecule has 4 aliphatic rings. The second-order valence-electron chi connectivity index (χ2n) is 21.6. The van der Waals surface area contributed by atoms with Crippen molar-refractivity contribution in [1.82, 2.24) is 45.5 Å². The van der Waals surface area contributed by atoms with Crippen LogP contribution in [0.1, 0.15) is 108 Å². The molecule has 0 radical (unpaired) electrons. The van der Waals surface area contributed by atoms with Crippen molar-refractivity contribution < 1.29 is 33.1 Å². The van der Waals surface area contributed by atoms with E-state index in [1.54, 1.807) is 40.6 Å². The van der Waals surface area contributed by atoms with Crippen LogP contribution in [0.2, 0.25) is 0 Å². The lowest BCUT2D eigenvalue weighted by Crippen LogP contribution is -2.51. The van der Waals surface area contributed by atoms with Gasteiger partial charge in [-0.1, -0.05) is 76.6 Å². The molecule has 4 aromatic heterocycles. The topological polar surface area (TPSA) is 184 Å². The van der Waals surface area contributed by atoms with Gasteiger partial charge in [-0.3, -0.25) is 19.5 Å². The Labute approximate surface area is 453 Å². The molecule has 4 unspecified atom stereocenters. The zero-order valence-electron chi connectivity index (χ0n) is 45.1. The van der Waals surface area contributed by atoms with E-state index < -0.39 is 11.9 Å². The van der Waals surface area contributed by atoms with Gasteiger partial charge in [0.05, 0.1) is 40.5 Å². The van der Waals surface area contributed by atoms with Crippen molar-refractivity contribution in [2.75, 3.05) is 57.4 Å². The van der Waals surface area contributed by atoms with E-state index in [0.717, 1.165) is 103 Å². The standard InChI is InChI=1S/C56H63FN10O6S.C3H8/c1-5-35-8-6-9-38-24-41(68)25-43(48(35)38)50-49(57)51-44(28-58-50)53(66-29-39-15-16-40(30-66)61-39)63-55(62-51)71-23-22-65-20-17-56(4,18-21-65)31-72-46-26-42(73-64-46)27-47(69)67-19-7-10-45(67)54(70)60-33(2)36-11-13-37(14-12-36)52-34(3)59-32-74-52;1-3-2/h6,8-9,11-14,24-26,28,32-33,39-40,45,61,68H,5,7,10,15-23,27,29-31H2,1-4H3,(H,60,70);3H2,1-2H3. The Morgan fingerprint density at radius 2 is 1.75 bits per heavy atom. The molecule has 406 valence electrons. The highest BCUT2D eigenvalue weighted by Crippen LogP contribution is 2.40. The average Bonchev–Trinajstić information content (AvgIpc) is 4.32. The summed E-state index contributed by atoms with van der Waals surface area (Å²) in [5.41, 5.74) is 6.60. The lowest BCUT2D eigenvalue weighted by Gasteiger charge is -2.38. The number of carbonyl (C=O) groups is 2. The molecule has 3 aromatic carbocycles. The molecular weight excluding hydrogens is 996 g/mol. The van der Waals surface area contributed by atoms with Crippen molar-refractivity contribution in [1.29, 1.82) is 0 Å². The second-order valence-corrected chi connectivity index (χ2v) is 22.4. The van der Waals surface area contributed by atoms with E-state index in [1.807, 2.05) is 49.7 Å². The number of carbonyl (C=O) groups excluding carboxylic acids is 2. The minimum Gasteiger partial charge on any atom is -0.508 e. The number of fused-ring (bicyclic) bond motifs is 4. The number of phenolic OH excluding ortho intramolecular Hbond substituents is 1. The molecule has 4 aliphatic heterocycles. The van der Waals surface area contributed by atoms with Crippen LogP contribution in [0.15, 0.2) is 76.9 Å². The molecule has 3 N–H and O–H groups in total. The van der Waals surface area contributed by atoms with E-state index in [9.17, 15) is 14.7 Å². The van der Waals surface area contributed by atoms with Crippen LogP contribution >= 0.6 is 11.3 Å². The number of pyridine rings is 1. The molecule has 7 aromatic rings. The van der Waals surface area contributed by atoms with Crippen LogP contribution in [0.5, 0.6) is 17.6 Å². The number of amides is 2. The first-order valence-electron chi connectivity index (χ1n) is 27.5. The maximum absolute atomic E-state index is 17.1. The van der Waals surface area contributed by atoms with Gasteiger partial charge in [-0.25, -0.2) is 9.37 Å². The van der Waals surface area contributed by atoms with Crippen molar-refractivity contribution in [2.24, 2.45) is 5.41 Å². The third-order valence-electron chi connectivity index (χ3n) is 15.6. The number of nitrogens with one attached hydrogen (secondary N) is 2. The Morgan fingerprint density at radius 1 is 0.987 bits per heavy atom. The third-order valence-corrected chi connectivity index (χ3v) is 16.6. The molecule has 2 bridgehead atoms. The number of aryl methyl sites for hydroxylation is 2. The van der Waals surface area contributed by atoms with Crippen molar-refractivity contribution in [3.63, 3.8) is 0 Å². The fraction of sp³-hybridized carbons (Fsp3) is 0.475. The van der Waals surface area contributed by atoms with Crippen LogP contribution in [0.4, 0.5) is 10.2 Å². The first kappa shape index (κ1) is 53.6. The minimum atomic E-state index is -0.580. The van der Waals surface area contributed by atoms with Crippen molar-refractivity contribution in [2.45, 2.75) is 123 Å². The van der Waals surface area contributed by atoms with Crippen molar-refractivity contribution in [3.05, 3.63) is 101 Å². The molecule has 4 fully saturated rings. The number of piperazine rings is 1. The highest BCUT2D eigenvalue weighted by Gasteiger charge is 2.37. The van der Waals surface area contributed by atoms with E-state index in [4.69, 9.17) is 28.9 Å². The van der Waals surface area contributed by atoms with E-state index in [-0.39, 0.29) is 52.7 Å². The molecule has 2 amide bonds. The molecule has 11 rings (SSSR count). The first-order chi connectivity index (χ1) is 37.3. The van der Waals surface area contributed by atoms with Crippen LogP contribution < -0.4 is 25.0 Å². The summed E-state index contributed by atoms with van der Waals surface area (Å²) in [6, 6.07) is 19.0. The Morgan fingerprint density at radius 3 is 2.48 bits per heavy atom. The zero-order valence-corrected chi connectivity index (χ0v) is 45.9.